The topological polar surface area (TPSA) is 49.8 Å². The number of thiol groups is 1. The molecule has 1 aliphatic heterocycles. The molecule has 1 N–H and O–H groups in total. The maximum absolute atomic E-state index is 10.8. The standard InChI is InChI=1S/C17H19NO2S.CH4O/c19-12-13-6-8-18(9-7-13)11-14-4-5-16-15(10-14)2-1-3-17(16)20-21;1-2/h1-5,10,12-13,21H,6-9,11H2;2H,1H3. The van der Waals surface area contributed by atoms with Gasteiger partial charge in [-0.2, -0.15) is 0 Å². The van der Waals surface area contributed by atoms with Crippen LogP contribution in [0.5, 0.6) is 5.75 Å². The number of rotatable bonds is 4. The molecule has 0 atom stereocenters. The summed E-state index contributed by atoms with van der Waals surface area (Å²) in [5.74, 6) is 1.04. The summed E-state index contributed by atoms with van der Waals surface area (Å²) in [6.45, 7) is 2.94. The molecular formula is C18H23NO3S. The number of carbonyl (C=O) groups excluding carboxylic acids is 1. The van der Waals surface area contributed by atoms with Crippen LogP contribution in [0, 0.1) is 5.92 Å². The average Bonchev–Trinajstić information content (AvgIpc) is 2.63. The molecule has 124 valence electrons. The summed E-state index contributed by atoms with van der Waals surface area (Å²) in [7, 11) is 1.00. The van der Waals surface area contributed by atoms with Crippen LogP contribution in [0.4, 0.5) is 0 Å². The minimum atomic E-state index is 0.257. The van der Waals surface area contributed by atoms with Crippen molar-refractivity contribution >= 4 is 30.0 Å². The van der Waals surface area contributed by atoms with E-state index in [4.69, 9.17) is 9.29 Å². The van der Waals surface area contributed by atoms with Crippen molar-refractivity contribution in [3.63, 3.8) is 0 Å². The third-order valence-corrected chi connectivity index (χ3v) is 4.43. The Balaban J connectivity index is 0.000000924. The van der Waals surface area contributed by atoms with Gasteiger partial charge in [-0.3, -0.25) is 4.90 Å². The van der Waals surface area contributed by atoms with Crippen LogP contribution in [0.15, 0.2) is 36.4 Å². The van der Waals surface area contributed by atoms with Crippen molar-refractivity contribution in [3.8, 4) is 5.75 Å². The molecule has 4 nitrogen and oxygen atoms in total. The van der Waals surface area contributed by atoms with E-state index < -0.39 is 0 Å². The number of aldehydes is 1. The highest BCUT2D eigenvalue weighted by Gasteiger charge is 2.18. The van der Waals surface area contributed by atoms with E-state index in [1.165, 1.54) is 10.9 Å². The molecule has 0 spiro atoms. The maximum atomic E-state index is 10.8. The third-order valence-electron chi connectivity index (χ3n) is 4.23. The largest absolute Gasteiger partial charge is 0.428 e. The van der Waals surface area contributed by atoms with Gasteiger partial charge < -0.3 is 14.1 Å². The Morgan fingerprint density at radius 1 is 1.26 bits per heavy atom. The normalized spacial score (nSPS) is 15.8. The average molecular weight is 333 g/mol. The molecule has 2 aromatic rings. The first-order valence-electron chi connectivity index (χ1n) is 7.75. The van der Waals surface area contributed by atoms with Gasteiger partial charge in [0.15, 0.2) is 0 Å². The first-order valence-corrected chi connectivity index (χ1v) is 8.12. The van der Waals surface area contributed by atoms with E-state index >= 15 is 0 Å². The third kappa shape index (κ3) is 4.47. The lowest BCUT2D eigenvalue weighted by atomic mass is 9.98. The van der Waals surface area contributed by atoms with Crippen LogP contribution < -0.4 is 4.18 Å². The number of likely N-dealkylation sites (tertiary alicyclic amines) is 1. The summed E-state index contributed by atoms with van der Waals surface area (Å²) in [4.78, 5) is 13.2. The van der Waals surface area contributed by atoms with Gasteiger partial charge in [-0.05, 0) is 49.0 Å². The first-order chi connectivity index (χ1) is 11.3. The monoisotopic (exact) mass is 333 g/mol. The molecule has 1 aliphatic rings. The summed E-state index contributed by atoms with van der Waals surface area (Å²) >= 11 is 3.90. The Hall–Kier alpha value is -1.56. The fourth-order valence-corrected chi connectivity index (χ4v) is 3.15. The second-order valence-electron chi connectivity index (χ2n) is 5.65. The summed E-state index contributed by atoms with van der Waals surface area (Å²) in [6, 6.07) is 12.4. The van der Waals surface area contributed by atoms with E-state index in [1.807, 2.05) is 12.1 Å². The lowest BCUT2D eigenvalue weighted by Gasteiger charge is -2.29. The van der Waals surface area contributed by atoms with Crippen LogP contribution in [-0.2, 0) is 11.3 Å². The number of aliphatic hydroxyl groups excluding tert-OH is 1. The van der Waals surface area contributed by atoms with E-state index in [-0.39, 0.29) is 5.92 Å². The summed E-state index contributed by atoms with van der Waals surface area (Å²) in [5.41, 5.74) is 1.29. The Morgan fingerprint density at radius 3 is 2.65 bits per heavy atom. The van der Waals surface area contributed by atoms with Crippen LogP contribution in [0.2, 0.25) is 0 Å². The zero-order valence-corrected chi connectivity index (χ0v) is 14.2. The molecule has 1 saturated heterocycles. The molecule has 23 heavy (non-hydrogen) atoms. The van der Waals surface area contributed by atoms with Crippen LogP contribution in [0.3, 0.4) is 0 Å². The zero-order chi connectivity index (χ0) is 16.7. The van der Waals surface area contributed by atoms with Gasteiger partial charge in [0.25, 0.3) is 0 Å². The highest BCUT2D eigenvalue weighted by molar-refractivity contribution is 7.75. The van der Waals surface area contributed by atoms with Crippen molar-refractivity contribution in [2.45, 2.75) is 19.4 Å². The van der Waals surface area contributed by atoms with Crippen molar-refractivity contribution in [2.24, 2.45) is 5.92 Å². The minimum Gasteiger partial charge on any atom is -0.428 e. The number of hydrogen-bond acceptors (Lipinski definition) is 5. The SMILES string of the molecule is CO.O=CC1CCN(Cc2ccc3c(OS)cccc3c2)CC1. The number of fused-ring (bicyclic) bond motifs is 1. The van der Waals surface area contributed by atoms with Crippen LogP contribution in [-0.4, -0.2) is 36.5 Å². The fraction of sp³-hybridized carbons (Fsp3) is 0.389. The summed E-state index contributed by atoms with van der Waals surface area (Å²) in [6.07, 6.45) is 3.07. The number of benzene rings is 2. The lowest BCUT2D eigenvalue weighted by Crippen LogP contribution is -2.33. The zero-order valence-electron chi connectivity index (χ0n) is 13.3. The van der Waals surface area contributed by atoms with Gasteiger partial charge >= 0.3 is 0 Å². The van der Waals surface area contributed by atoms with Crippen LogP contribution in [0.25, 0.3) is 10.8 Å². The van der Waals surface area contributed by atoms with Crippen molar-refractivity contribution < 1.29 is 14.1 Å². The van der Waals surface area contributed by atoms with Crippen LogP contribution >= 0.6 is 12.9 Å². The lowest BCUT2D eigenvalue weighted by molar-refractivity contribution is -0.112. The fourth-order valence-electron chi connectivity index (χ4n) is 2.99. The minimum absolute atomic E-state index is 0.257. The van der Waals surface area contributed by atoms with Gasteiger partial charge in [-0.25, -0.2) is 0 Å². The number of carbonyl (C=O) groups is 1. The van der Waals surface area contributed by atoms with E-state index in [1.54, 1.807) is 0 Å². The van der Waals surface area contributed by atoms with Gasteiger partial charge in [0.05, 0.1) is 0 Å². The molecule has 0 saturated carbocycles. The number of aliphatic hydroxyl groups is 1. The maximum Gasteiger partial charge on any atom is 0.144 e. The number of nitrogens with zero attached hydrogens (tertiary/aromatic N) is 1. The molecule has 0 unspecified atom stereocenters. The van der Waals surface area contributed by atoms with E-state index in [0.717, 1.165) is 57.0 Å². The van der Waals surface area contributed by atoms with Gasteiger partial charge in [0.1, 0.15) is 12.0 Å². The van der Waals surface area contributed by atoms with Crippen molar-refractivity contribution in [1.29, 1.82) is 0 Å². The van der Waals surface area contributed by atoms with E-state index in [0.29, 0.717) is 0 Å². The van der Waals surface area contributed by atoms with Gasteiger partial charge in [-0.15, -0.1) is 0 Å². The van der Waals surface area contributed by atoms with Gasteiger partial charge in [0.2, 0.25) is 0 Å². The summed E-state index contributed by atoms with van der Waals surface area (Å²) in [5, 5.41) is 9.25. The van der Waals surface area contributed by atoms with Crippen molar-refractivity contribution in [1.82, 2.24) is 4.90 Å². The molecule has 0 bridgehead atoms. The predicted octanol–water partition coefficient (Wildman–Crippen LogP) is 3.08. The Labute approximate surface area is 142 Å². The molecule has 0 aliphatic carbocycles. The smallest absolute Gasteiger partial charge is 0.144 e. The molecule has 1 heterocycles. The van der Waals surface area contributed by atoms with Gasteiger partial charge in [-0.1, -0.05) is 24.3 Å². The quantitative estimate of drug-likeness (QED) is 0.513. The highest BCUT2D eigenvalue weighted by atomic mass is 32.1. The molecule has 1 fully saturated rings. The molecular weight excluding hydrogens is 310 g/mol. The van der Waals surface area contributed by atoms with Crippen molar-refractivity contribution in [3.05, 3.63) is 42.0 Å². The Kier molecular flexibility index (Phi) is 6.89. The Bertz CT molecular complexity index is 639. The molecule has 3 rings (SSSR count). The molecule has 0 amide bonds. The van der Waals surface area contributed by atoms with E-state index in [9.17, 15) is 4.79 Å². The van der Waals surface area contributed by atoms with Crippen LogP contribution in [0.1, 0.15) is 18.4 Å². The van der Waals surface area contributed by atoms with Crippen molar-refractivity contribution in [2.75, 3.05) is 20.2 Å². The molecule has 5 heteroatoms. The highest BCUT2D eigenvalue weighted by Crippen LogP contribution is 2.27. The predicted molar refractivity (Wildman–Crippen MR) is 95.8 cm³/mol. The summed E-state index contributed by atoms with van der Waals surface area (Å²) < 4.78 is 5.09. The first kappa shape index (κ1) is 17.8. The number of hydrogen-bond donors (Lipinski definition) is 2. The number of piperidine rings is 1. The molecule has 0 aromatic heterocycles. The molecule has 0 radical (unpaired) electrons. The second kappa shape index (κ2) is 8.91. The Morgan fingerprint density at radius 2 is 2.00 bits per heavy atom. The van der Waals surface area contributed by atoms with E-state index in [2.05, 4.69) is 42.1 Å². The van der Waals surface area contributed by atoms with Gasteiger partial charge in [0, 0.05) is 37.9 Å². The second-order valence-corrected chi connectivity index (χ2v) is 5.84. The molecule has 2 aromatic carbocycles.